The minimum absolute atomic E-state index is 0.165. The molecule has 0 heterocycles. The van der Waals surface area contributed by atoms with E-state index in [4.69, 9.17) is 9.47 Å². The molecule has 0 unspecified atom stereocenters. The smallest absolute Gasteiger partial charge is 0.233 e. The Hall–Kier alpha value is -2.49. The average Bonchev–Trinajstić information content (AvgIpc) is 3.43. The highest BCUT2D eigenvalue weighted by molar-refractivity contribution is 5.91. The van der Waals surface area contributed by atoms with Crippen LogP contribution < -0.4 is 9.47 Å². The average molecular weight is 325 g/mol. The number of amides is 1. The summed E-state index contributed by atoms with van der Waals surface area (Å²) in [7, 11) is 5.10. The van der Waals surface area contributed by atoms with Crippen LogP contribution in [0, 0.1) is 0 Å². The highest BCUT2D eigenvalue weighted by Crippen LogP contribution is 2.51. The number of carbonyl (C=O) groups is 1. The summed E-state index contributed by atoms with van der Waals surface area (Å²) in [6.07, 6.45) is 1.75. The minimum atomic E-state index is -0.414. The molecule has 0 aromatic heterocycles. The van der Waals surface area contributed by atoms with Crippen molar-refractivity contribution in [3.63, 3.8) is 0 Å². The third-order valence-corrected chi connectivity index (χ3v) is 4.70. The third kappa shape index (κ3) is 2.96. The summed E-state index contributed by atoms with van der Waals surface area (Å²) in [5.41, 5.74) is 1.73. The molecule has 0 aliphatic heterocycles. The van der Waals surface area contributed by atoms with Crippen molar-refractivity contribution in [1.82, 2.24) is 4.90 Å². The molecule has 1 aliphatic carbocycles. The standard InChI is InChI=1S/C20H23NO3/c1-21(14-15-7-5-4-6-8-15)19(22)20(11-12-20)16-9-10-17(23-2)18(13-16)24-3/h4-10,13H,11-12,14H2,1-3H3. The van der Waals surface area contributed by atoms with Crippen molar-refractivity contribution in [3.05, 3.63) is 59.7 Å². The van der Waals surface area contributed by atoms with Gasteiger partial charge in [-0.05, 0) is 36.1 Å². The molecule has 0 bridgehead atoms. The van der Waals surface area contributed by atoms with Gasteiger partial charge >= 0.3 is 0 Å². The summed E-state index contributed by atoms with van der Waals surface area (Å²) < 4.78 is 10.7. The Kier molecular flexibility index (Phi) is 4.47. The summed E-state index contributed by atoms with van der Waals surface area (Å²) in [5, 5.41) is 0. The van der Waals surface area contributed by atoms with E-state index in [9.17, 15) is 4.79 Å². The van der Waals surface area contributed by atoms with E-state index in [0.29, 0.717) is 18.0 Å². The van der Waals surface area contributed by atoms with Gasteiger partial charge in [-0.2, -0.15) is 0 Å². The van der Waals surface area contributed by atoms with Crippen molar-refractivity contribution in [1.29, 1.82) is 0 Å². The summed E-state index contributed by atoms with van der Waals surface area (Å²) in [4.78, 5) is 14.9. The largest absolute Gasteiger partial charge is 0.493 e. The van der Waals surface area contributed by atoms with Gasteiger partial charge in [0.25, 0.3) is 0 Å². The van der Waals surface area contributed by atoms with Crippen LogP contribution in [0.25, 0.3) is 0 Å². The summed E-state index contributed by atoms with van der Waals surface area (Å²) >= 11 is 0. The van der Waals surface area contributed by atoms with Crippen LogP contribution >= 0.6 is 0 Å². The number of hydrogen-bond donors (Lipinski definition) is 0. The molecule has 0 spiro atoms. The lowest BCUT2D eigenvalue weighted by atomic mass is 9.93. The molecule has 1 fully saturated rings. The second-order valence-corrected chi connectivity index (χ2v) is 6.30. The second kappa shape index (κ2) is 6.56. The van der Waals surface area contributed by atoms with E-state index < -0.39 is 5.41 Å². The molecule has 2 aromatic carbocycles. The highest BCUT2D eigenvalue weighted by Gasteiger charge is 2.52. The van der Waals surface area contributed by atoms with Gasteiger partial charge < -0.3 is 14.4 Å². The van der Waals surface area contributed by atoms with E-state index in [0.717, 1.165) is 24.0 Å². The molecule has 1 saturated carbocycles. The zero-order chi connectivity index (χ0) is 17.2. The maximum atomic E-state index is 13.0. The zero-order valence-corrected chi connectivity index (χ0v) is 14.4. The predicted molar refractivity (Wildman–Crippen MR) is 93.4 cm³/mol. The first-order valence-corrected chi connectivity index (χ1v) is 8.13. The molecular formula is C20H23NO3. The second-order valence-electron chi connectivity index (χ2n) is 6.30. The molecule has 1 aliphatic rings. The molecule has 0 N–H and O–H groups in total. The van der Waals surface area contributed by atoms with Crippen LogP contribution in [0.15, 0.2) is 48.5 Å². The first-order valence-electron chi connectivity index (χ1n) is 8.13. The number of rotatable bonds is 6. The van der Waals surface area contributed by atoms with Crippen LogP contribution in [0.4, 0.5) is 0 Å². The van der Waals surface area contributed by atoms with Gasteiger partial charge in [0, 0.05) is 13.6 Å². The molecule has 0 atom stereocenters. The molecular weight excluding hydrogens is 302 g/mol. The van der Waals surface area contributed by atoms with Gasteiger partial charge in [-0.1, -0.05) is 36.4 Å². The van der Waals surface area contributed by atoms with E-state index in [1.54, 1.807) is 14.2 Å². The van der Waals surface area contributed by atoms with Gasteiger partial charge in [-0.15, -0.1) is 0 Å². The zero-order valence-electron chi connectivity index (χ0n) is 14.4. The Morgan fingerprint density at radius 2 is 1.71 bits per heavy atom. The first-order chi connectivity index (χ1) is 11.6. The van der Waals surface area contributed by atoms with E-state index >= 15 is 0 Å². The lowest BCUT2D eigenvalue weighted by Gasteiger charge is -2.24. The lowest BCUT2D eigenvalue weighted by Crippen LogP contribution is -2.36. The molecule has 0 radical (unpaired) electrons. The lowest BCUT2D eigenvalue weighted by molar-refractivity contribution is -0.133. The Balaban J connectivity index is 1.81. The van der Waals surface area contributed by atoms with E-state index in [2.05, 4.69) is 0 Å². The fourth-order valence-corrected chi connectivity index (χ4v) is 3.18. The van der Waals surface area contributed by atoms with Crippen LogP contribution in [0.1, 0.15) is 24.0 Å². The van der Waals surface area contributed by atoms with Gasteiger partial charge in [0.2, 0.25) is 5.91 Å². The van der Waals surface area contributed by atoms with Crippen LogP contribution in [-0.4, -0.2) is 32.1 Å². The SMILES string of the molecule is COc1ccc(C2(C(=O)N(C)Cc3ccccc3)CC2)cc1OC. The molecule has 4 nitrogen and oxygen atoms in total. The number of ether oxygens (including phenoxy) is 2. The van der Waals surface area contributed by atoms with Crippen molar-refractivity contribution in [3.8, 4) is 11.5 Å². The predicted octanol–water partition coefficient (Wildman–Crippen LogP) is 3.39. The topological polar surface area (TPSA) is 38.8 Å². The summed E-state index contributed by atoms with van der Waals surface area (Å²) in [5.74, 6) is 1.51. The molecule has 126 valence electrons. The maximum Gasteiger partial charge on any atom is 0.233 e. The molecule has 1 amide bonds. The fourth-order valence-electron chi connectivity index (χ4n) is 3.18. The van der Waals surface area contributed by atoms with E-state index in [1.165, 1.54) is 0 Å². The Morgan fingerprint density at radius 1 is 1.04 bits per heavy atom. The Morgan fingerprint density at radius 3 is 2.29 bits per heavy atom. The number of methoxy groups -OCH3 is 2. The molecule has 24 heavy (non-hydrogen) atoms. The summed E-state index contributed by atoms with van der Waals surface area (Å²) in [6.45, 7) is 0.620. The van der Waals surface area contributed by atoms with Gasteiger partial charge in [0.05, 0.1) is 19.6 Å². The monoisotopic (exact) mass is 325 g/mol. The van der Waals surface area contributed by atoms with Gasteiger partial charge in [0.1, 0.15) is 0 Å². The van der Waals surface area contributed by atoms with Gasteiger partial charge in [-0.3, -0.25) is 4.79 Å². The van der Waals surface area contributed by atoms with Crippen molar-refractivity contribution in [2.75, 3.05) is 21.3 Å². The van der Waals surface area contributed by atoms with Crippen molar-refractivity contribution < 1.29 is 14.3 Å². The van der Waals surface area contributed by atoms with Crippen LogP contribution in [0.2, 0.25) is 0 Å². The maximum absolute atomic E-state index is 13.0. The number of nitrogens with zero attached hydrogens (tertiary/aromatic N) is 1. The first kappa shape index (κ1) is 16.4. The van der Waals surface area contributed by atoms with Gasteiger partial charge in [-0.25, -0.2) is 0 Å². The Labute approximate surface area is 143 Å². The molecule has 4 heteroatoms. The van der Waals surface area contributed by atoms with Crippen LogP contribution in [-0.2, 0) is 16.8 Å². The Bertz CT molecular complexity index is 723. The number of likely N-dealkylation sites (N-methyl/N-ethyl adjacent to an activating group) is 1. The number of hydrogen-bond acceptors (Lipinski definition) is 3. The van der Waals surface area contributed by atoms with Gasteiger partial charge in [0.15, 0.2) is 11.5 Å². The third-order valence-electron chi connectivity index (χ3n) is 4.70. The van der Waals surface area contributed by atoms with Crippen molar-refractivity contribution >= 4 is 5.91 Å². The molecule has 2 aromatic rings. The van der Waals surface area contributed by atoms with Crippen molar-refractivity contribution in [2.24, 2.45) is 0 Å². The quantitative estimate of drug-likeness (QED) is 0.817. The summed E-state index contributed by atoms with van der Waals surface area (Å²) in [6, 6.07) is 15.8. The number of benzene rings is 2. The highest BCUT2D eigenvalue weighted by atomic mass is 16.5. The normalized spacial score (nSPS) is 14.8. The van der Waals surface area contributed by atoms with E-state index in [1.807, 2.05) is 60.5 Å². The minimum Gasteiger partial charge on any atom is -0.493 e. The molecule has 3 rings (SSSR count). The number of carbonyl (C=O) groups excluding carboxylic acids is 1. The van der Waals surface area contributed by atoms with E-state index in [-0.39, 0.29) is 5.91 Å². The van der Waals surface area contributed by atoms with Crippen LogP contribution in [0.5, 0.6) is 11.5 Å². The molecule has 0 saturated heterocycles. The fraction of sp³-hybridized carbons (Fsp3) is 0.350. The van der Waals surface area contributed by atoms with Crippen LogP contribution in [0.3, 0.4) is 0 Å². The van der Waals surface area contributed by atoms with Crippen molar-refractivity contribution in [2.45, 2.75) is 24.8 Å².